The number of halogens is 1. The number of piperazine rings is 1. The van der Waals surface area contributed by atoms with Crippen LogP contribution in [-0.4, -0.2) is 59.2 Å². The van der Waals surface area contributed by atoms with Gasteiger partial charge in [0.05, 0.1) is 51.3 Å². The van der Waals surface area contributed by atoms with Gasteiger partial charge in [0.25, 0.3) is 0 Å². The minimum absolute atomic E-state index is 0.261. The maximum atomic E-state index is 12.7. The molecule has 8 heteroatoms. The van der Waals surface area contributed by atoms with Gasteiger partial charge in [0.1, 0.15) is 11.5 Å². The lowest BCUT2D eigenvalue weighted by Crippen LogP contribution is -3.14. The predicted molar refractivity (Wildman–Crippen MR) is 109 cm³/mol. The molecule has 0 unspecified atom stereocenters. The van der Waals surface area contributed by atoms with Gasteiger partial charge in [-0.05, 0) is 42.5 Å². The van der Waals surface area contributed by atoms with Crippen LogP contribution in [-0.2, 0) is 10.0 Å². The van der Waals surface area contributed by atoms with Crippen LogP contribution in [0.3, 0.4) is 0 Å². The van der Waals surface area contributed by atoms with E-state index < -0.39 is 10.0 Å². The molecule has 0 amide bonds. The van der Waals surface area contributed by atoms with E-state index in [1.165, 1.54) is 11.0 Å². The van der Waals surface area contributed by atoms with Crippen molar-refractivity contribution in [1.29, 1.82) is 0 Å². The van der Waals surface area contributed by atoms with Crippen LogP contribution in [0.5, 0.6) is 11.5 Å². The number of nitrogens with zero attached hydrogens (tertiary/aromatic N) is 1. The molecule has 3 rings (SSSR count). The molecular weight excluding hydrogens is 400 g/mol. The van der Waals surface area contributed by atoms with Crippen molar-refractivity contribution in [2.75, 3.05) is 46.4 Å². The number of methoxy groups -OCH3 is 1. The van der Waals surface area contributed by atoms with E-state index in [0.717, 1.165) is 37.6 Å². The lowest BCUT2D eigenvalue weighted by Gasteiger charge is -2.31. The van der Waals surface area contributed by atoms with E-state index in [4.69, 9.17) is 21.1 Å². The summed E-state index contributed by atoms with van der Waals surface area (Å²) in [5.74, 6) is 1.63. The van der Waals surface area contributed by atoms with Crippen molar-refractivity contribution in [1.82, 2.24) is 4.31 Å². The minimum Gasteiger partial charge on any atom is -0.497 e. The number of ether oxygens (including phenoxy) is 2. The van der Waals surface area contributed by atoms with Gasteiger partial charge in [-0.3, -0.25) is 0 Å². The molecule has 1 N–H and O–H groups in total. The number of rotatable bonds is 8. The second-order valence-corrected chi connectivity index (χ2v) is 9.11. The minimum atomic E-state index is -3.47. The molecule has 0 aliphatic carbocycles. The quantitative estimate of drug-likeness (QED) is 0.654. The Bertz CT molecular complexity index is 866. The molecule has 0 saturated carbocycles. The number of quaternary nitrogens is 1. The molecule has 0 aromatic heterocycles. The zero-order valence-electron chi connectivity index (χ0n) is 15.9. The van der Waals surface area contributed by atoms with Crippen molar-refractivity contribution in [3.05, 3.63) is 53.6 Å². The van der Waals surface area contributed by atoms with Crippen LogP contribution in [0.25, 0.3) is 0 Å². The van der Waals surface area contributed by atoms with Crippen molar-refractivity contribution in [2.45, 2.75) is 11.3 Å². The van der Waals surface area contributed by atoms with Crippen LogP contribution in [0.15, 0.2) is 53.4 Å². The first-order valence-electron chi connectivity index (χ1n) is 9.35. The van der Waals surface area contributed by atoms with Gasteiger partial charge < -0.3 is 14.4 Å². The standard InChI is InChI=1S/C20H25ClN2O4S/c1-26-18-6-8-19(9-7-18)27-15-3-10-22-11-13-23(14-12-22)28(24,25)20-5-2-4-17(21)16-20/h2,4-9,16H,3,10-15H2,1H3/p+1. The molecule has 1 heterocycles. The number of sulfonamides is 1. The van der Waals surface area contributed by atoms with Gasteiger partial charge in [-0.2, -0.15) is 4.31 Å². The Hall–Kier alpha value is -1.80. The Labute approximate surface area is 171 Å². The highest BCUT2D eigenvalue weighted by molar-refractivity contribution is 7.89. The molecule has 2 aromatic carbocycles. The summed E-state index contributed by atoms with van der Waals surface area (Å²) < 4.78 is 37.9. The molecule has 0 atom stereocenters. The van der Waals surface area contributed by atoms with Crippen molar-refractivity contribution in [3.63, 3.8) is 0 Å². The summed E-state index contributed by atoms with van der Waals surface area (Å²) in [4.78, 5) is 1.66. The van der Waals surface area contributed by atoms with Crippen molar-refractivity contribution < 1.29 is 22.8 Å². The van der Waals surface area contributed by atoms with E-state index in [1.807, 2.05) is 24.3 Å². The van der Waals surface area contributed by atoms with Gasteiger partial charge in [0.2, 0.25) is 10.0 Å². The molecule has 1 aliphatic heterocycles. The van der Waals surface area contributed by atoms with Crippen LogP contribution >= 0.6 is 11.6 Å². The first kappa shape index (κ1) is 20.9. The fraction of sp³-hybridized carbons (Fsp3) is 0.400. The van der Waals surface area contributed by atoms with Gasteiger partial charge in [0.15, 0.2) is 0 Å². The Kier molecular flexibility index (Phi) is 7.18. The topological polar surface area (TPSA) is 60.3 Å². The van der Waals surface area contributed by atoms with Gasteiger partial charge in [-0.1, -0.05) is 17.7 Å². The summed E-state index contributed by atoms with van der Waals surface area (Å²) in [5, 5.41) is 0.433. The van der Waals surface area contributed by atoms with Crippen LogP contribution in [0, 0.1) is 0 Å². The lowest BCUT2D eigenvalue weighted by molar-refractivity contribution is -0.903. The SMILES string of the molecule is COc1ccc(OCCC[NH+]2CCN(S(=O)(=O)c3cccc(Cl)c3)CC2)cc1. The number of benzene rings is 2. The Morgan fingerprint density at radius 2 is 1.75 bits per heavy atom. The van der Waals surface area contributed by atoms with E-state index >= 15 is 0 Å². The summed E-state index contributed by atoms with van der Waals surface area (Å²) in [5.41, 5.74) is 0. The molecule has 28 heavy (non-hydrogen) atoms. The van der Waals surface area contributed by atoms with Crippen molar-refractivity contribution in [3.8, 4) is 11.5 Å². The lowest BCUT2D eigenvalue weighted by atomic mass is 10.3. The first-order chi connectivity index (χ1) is 13.5. The Morgan fingerprint density at radius 3 is 2.39 bits per heavy atom. The molecular formula is C20H26ClN2O4S+. The highest BCUT2D eigenvalue weighted by Crippen LogP contribution is 2.19. The van der Waals surface area contributed by atoms with Gasteiger partial charge in [-0.15, -0.1) is 0 Å². The molecule has 0 spiro atoms. The monoisotopic (exact) mass is 425 g/mol. The van der Waals surface area contributed by atoms with E-state index in [9.17, 15) is 8.42 Å². The first-order valence-corrected chi connectivity index (χ1v) is 11.2. The summed E-state index contributed by atoms with van der Waals surface area (Å²) >= 11 is 5.94. The highest BCUT2D eigenvalue weighted by atomic mass is 35.5. The summed E-state index contributed by atoms with van der Waals surface area (Å²) in [6.45, 7) is 4.22. The molecule has 0 radical (unpaired) electrons. The number of nitrogens with one attached hydrogen (secondary N) is 1. The van der Waals surface area contributed by atoms with Crippen molar-refractivity contribution in [2.24, 2.45) is 0 Å². The molecule has 0 bridgehead atoms. The zero-order chi connectivity index (χ0) is 20.0. The molecule has 1 saturated heterocycles. The molecule has 2 aromatic rings. The third kappa shape index (κ3) is 5.38. The van der Waals surface area contributed by atoms with E-state index in [-0.39, 0.29) is 4.90 Å². The predicted octanol–water partition coefficient (Wildman–Crippen LogP) is 1.71. The highest BCUT2D eigenvalue weighted by Gasteiger charge is 2.30. The van der Waals surface area contributed by atoms with Gasteiger partial charge in [0, 0.05) is 11.4 Å². The van der Waals surface area contributed by atoms with E-state index in [2.05, 4.69) is 0 Å². The molecule has 1 fully saturated rings. The third-order valence-electron chi connectivity index (χ3n) is 4.87. The number of hydrogen-bond donors (Lipinski definition) is 1. The van der Waals surface area contributed by atoms with Gasteiger partial charge in [-0.25, -0.2) is 8.42 Å². The van der Waals surface area contributed by atoms with E-state index in [0.29, 0.717) is 24.7 Å². The molecule has 1 aliphatic rings. The van der Waals surface area contributed by atoms with E-state index in [1.54, 1.807) is 29.6 Å². The number of hydrogen-bond acceptors (Lipinski definition) is 4. The fourth-order valence-electron chi connectivity index (χ4n) is 3.25. The average molecular weight is 426 g/mol. The molecule has 6 nitrogen and oxygen atoms in total. The summed E-state index contributed by atoms with van der Waals surface area (Å²) in [6.07, 6.45) is 0.919. The second kappa shape index (κ2) is 9.60. The van der Waals surface area contributed by atoms with Crippen LogP contribution in [0.1, 0.15) is 6.42 Å². The third-order valence-corrected chi connectivity index (χ3v) is 7.00. The maximum Gasteiger partial charge on any atom is 0.243 e. The van der Waals surface area contributed by atoms with Gasteiger partial charge >= 0.3 is 0 Å². The zero-order valence-corrected chi connectivity index (χ0v) is 17.5. The van der Waals surface area contributed by atoms with Crippen LogP contribution in [0.2, 0.25) is 5.02 Å². The average Bonchev–Trinajstić information content (AvgIpc) is 2.72. The smallest absolute Gasteiger partial charge is 0.243 e. The largest absolute Gasteiger partial charge is 0.497 e. The Morgan fingerprint density at radius 1 is 1.07 bits per heavy atom. The second-order valence-electron chi connectivity index (χ2n) is 6.74. The van der Waals surface area contributed by atoms with Crippen LogP contribution in [0.4, 0.5) is 0 Å². The van der Waals surface area contributed by atoms with Crippen LogP contribution < -0.4 is 14.4 Å². The van der Waals surface area contributed by atoms with Crippen molar-refractivity contribution >= 4 is 21.6 Å². The summed E-state index contributed by atoms with van der Waals surface area (Å²) in [6, 6.07) is 14.0. The molecule has 152 valence electrons. The summed E-state index contributed by atoms with van der Waals surface area (Å²) in [7, 11) is -1.84. The Balaban J connectivity index is 1.41. The fourth-order valence-corrected chi connectivity index (χ4v) is 5.00. The maximum absolute atomic E-state index is 12.7. The normalized spacial score (nSPS) is 16.1.